The van der Waals surface area contributed by atoms with Crippen LogP contribution in [0.3, 0.4) is 0 Å². The van der Waals surface area contributed by atoms with Crippen LogP contribution in [0.5, 0.6) is 0 Å². The molecule has 2 aliphatic rings. The Bertz CT molecular complexity index is 1250. The van der Waals surface area contributed by atoms with Crippen LogP contribution < -0.4 is 10.6 Å². The average molecular weight is 492 g/mol. The molecule has 1 atom stereocenters. The summed E-state index contributed by atoms with van der Waals surface area (Å²) in [6, 6.07) is 15.5. The summed E-state index contributed by atoms with van der Waals surface area (Å²) in [4.78, 5) is 41.3. The van der Waals surface area contributed by atoms with Crippen LogP contribution in [-0.2, 0) is 16.1 Å². The number of carbonyl (C=O) groups excluding carboxylic acids is 2. The molecule has 1 aromatic heterocycles. The van der Waals surface area contributed by atoms with Crippen molar-refractivity contribution in [1.82, 2.24) is 15.6 Å². The van der Waals surface area contributed by atoms with Crippen LogP contribution in [0.4, 0.5) is 4.79 Å². The monoisotopic (exact) mass is 491 g/mol. The number of fused-ring (bicyclic) bond motifs is 3. The van der Waals surface area contributed by atoms with Crippen molar-refractivity contribution < 1.29 is 24.2 Å². The third-order valence-corrected chi connectivity index (χ3v) is 7.42. The summed E-state index contributed by atoms with van der Waals surface area (Å²) in [6.07, 6.45) is 1.07. The number of aromatic nitrogens is 1. The lowest BCUT2D eigenvalue weighted by Crippen LogP contribution is -2.48. The first kappa shape index (κ1) is 23.0. The number of aryl methyl sites for hydroxylation is 1. The smallest absolute Gasteiger partial charge is 0.407 e. The number of benzene rings is 2. The van der Waals surface area contributed by atoms with Crippen LogP contribution in [0.2, 0.25) is 0 Å². The van der Waals surface area contributed by atoms with E-state index in [0.29, 0.717) is 9.88 Å². The molecule has 3 N–H and O–H groups in total. The quantitative estimate of drug-likeness (QED) is 0.437. The predicted molar refractivity (Wildman–Crippen MR) is 130 cm³/mol. The fourth-order valence-corrected chi connectivity index (χ4v) is 5.46. The largest absolute Gasteiger partial charge is 0.476 e. The highest BCUT2D eigenvalue weighted by atomic mass is 32.1. The van der Waals surface area contributed by atoms with Crippen molar-refractivity contribution >= 4 is 29.3 Å². The van der Waals surface area contributed by atoms with Crippen molar-refractivity contribution in [2.45, 2.75) is 38.3 Å². The molecule has 3 aromatic rings. The normalized spacial score (nSPS) is 15.1. The second-order valence-electron chi connectivity index (χ2n) is 8.82. The number of carboxylic acids is 1. The van der Waals surface area contributed by atoms with Gasteiger partial charge in [0.05, 0.1) is 6.54 Å². The van der Waals surface area contributed by atoms with E-state index in [-0.39, 0.29) is 36.6 Å². The molecule has 0 spiro atoms. The first-order valence-corrected chi connectivity index (χ1v) is 12.3. The Kier molecular flexibility index (Phi) is 6.25. The number of thiazole rings is 1. The Labute approximate surface area is 206 Å². The molecular weight excluding hydrogens is 466 g/mol. The zero-order valence-electron chi connectivity index (χ0n) is 19.1. The van der Waals surface area contributed by atoms with Crippen molar-refractivity contribution in [3.63, 3.8) is 0 Å². The molecule has 180 valence electrons. The first-order valence-electron chi connectivity index (χ1n) is 11.5. The van der Waals surface area contributed by atoms with Gasteiger partial charge in [0.15, 0.2) is 5.69 Å². The van der Waals surface area contributed by atoms with E-state index in [1.165, 1.54) is 11.3 Å². The minimum atomic E-state index is -1.09. The summed E-state index contributed by atoms with van der Waals surface area (Å²) in [5.41, 5.74) is 4.54. The molecule has 1 unspecified atom stereocenters. The maximum absolute atomic E-state index is 12.8. The van der Waals surface area contributed by atoms with Gasteiger partial charge in [0.2, 0.25) is 5.91 Å². The average Bonchev–Trinajstić information content (AvgIpc) is 3.55. The predicted octanol–water partition coefficient (Wildman–Crippen LogP) is 4.08. The number of nitrogens with one attached hydrogen (secondary N) is 2. The van der Waals surface area contributed by atoms with Gasteiger partial charge in [-0.25, -0.2) is 14.6 Å². The van der Waals surface area contributed by atoms with Crippen molar-refractivity contribution in [1.29, 1.82) is 0 Å². The first-order chi connectivity index (χ1) is 16.9. The Morgan fingerprint density at radius 2 is 1.71 bits per heavy atom. The SMILES string of the molecule is Cc1sc(CNC(=O)C(NC(=O)OCC2c3ccccc3-c3ccccc32)C2CC2)nc1C(=O)O. The molecule has 2 aromatic carbocycles. The lowest BCUT2D eigenvalue weighted by atomic mass is 9.98. The number of rotatable bonds is 8. The second-order valence-corrected chi connectivity index (χ2v) is 10.1. The van der Waals surface area contributed by atoms with Crippen LogP contribution in [0, 0.1) is 12.8 Å². The third kappa shape index (κ3) is 4.77. The number of aromatic carboxylic acids is 1. The minimum Gasteiger partial charge on any atom is -0.476 e. The number of nitrogens with zero attached hydrogens (tertiary/aromatic N) is 1. The van der Waals surface area contributed by atoms with Gasteiger partial charge in [-0.3, -0.25) is 4.79 Å². The Hall–Kier alpha value is -3.72. The summed E-state index contributed by atoms with van der Waals surface area (Å²) in [7, 11) is 0. The van der Waals surface area contributed by atoms with Crippen molar-refractivity contribution in [2.24, 2.45) is 5.92 Å². The van der Waals surface area contributed by atoms with Gasteiger partial charge in [0.1, 0.15) is 17.7 Å². The highest BCUT2D eigenvalue weighted by Gasteiger charge is 2.38. The topological polar surface area (TPSA) is 118 Å². The maximum Gasteiger partial charge on any atom is 0.407 e. The van der Waals surface area contributed by atoms with E-state index in [9.17, 15) is 14.4 Å². The fourth-order valence-electron chi connectivity index (χ4n) is 4.59. The molecule has 35 heavy (non-hydrogen) atoms. The summed E-state index contributed by atoms with van der Waals surface area (Å²) in [5.74, 6) is -1.42. The number of amides is 2. The van der Waals surface area contributed by atoms with Gasteiger partial charge in [0, 0.05) is 10.8 Å². The highest BCUT2D eigenvalue weighted by Crippen LogP contribution is 2.44. The number of hydrogen-bond acceptors (Lipinski definition) is 6. The third-order valence-electron chi connectivity index (χ3n) is 6.45. The molecular formula is C26H25N3O5S. The molecule has 1 fully saturated rings. The van der Waals surface area contributed by atoms with E-state index in [1.807, 2.05) is 24.3 Å². The highest BCUT2D eigenvalue weighted by molar-refractivity contribution is 7.11. The van der Waals surface area contributed by atoms with Crippen LogP contribution >= 0.6 is 11.3 Å². The summed E-state index contributed by atoms with van der Waals surface area (Å²) in [5, 5.41) is 15.2. The van der Waals surface area contributed by atoms with Crippen LogP contribution in [0.15, 0.2) is 48.5 Å². The molecule has 1 heterocycles. The second kappa shape index (κ2) is 9.50. The van der Waals surface area contributed by atoms with Gasteiger partial charge < -0.3 is 20.5 Å². The van der Waals surface area contributed by atoms with Gasteiger partial charge in [0.25, 0.3) is 0 Å². The summed E-state index contributed by atoms with van der Waals surface area (Å²) >= 11 is 1.23. The van der Waals surface area contributed by atoms with E-state index >= 15 is 0 Å². The van der Waals surface area contributed by atoms with Crippen LogP contribution in [-0.4, -0.2) is 40.7 Å². The van der Waals surface area contributed by atoms with Gasteiger partial charge >= 0.3 is 12.1 Å². The molecule has 8 nitrogen and oxygen atoms in total. The zero-order chi connectivity index (χ0) is 24.5. The summed E-state index contributed by atoms with van der Waals surface area (Å²) in [6.45, 7) is 1.96. The number of carboxylic acid groups (broad SMARTS) is 1. The fraction of sp³-hybridized carbons (Fsp3) is 0.308. The maximum atomic E-state index is 12.8. The van der Waals surface area contributed by atoms with E-state index in [4.69, 9.17) is 9.84 Å². The Morgan fingerprint density at radius 3 is 2.29 bits per heavy atom. The van der Waals surface area contributed by atoms with Crippen LogP contribution in [0.25, 0.3) is 11.1 Å². The van der Waals surface area contributed by atoms with Gasteiger partial charge in [-0.2, -0.15) is 0 Å². The van der Waals surface area contributed by atoms with E-state index in [1.54, 1.807) is 6.92 Å². The van der Waals surface area contributed by atoms with E-state index < -0.39 is 18.1 Å². The lowest BCUT2D eigenvalue weighted by molar-refractivity contribution is -0.123. The summed E-state index contributed by atoms with van der Waals surface area (Å²) < 4.78 is 5.60. The van der Waals surface area contributed by atoms with Gasteiger partial charge in [-0.15, -0.1) is 11.3 Å². The number of hydrogen-bond donors (Lipinski definition) is 3. The molecule has 0 radical (unpaired) electrons. The lowest BCUT2D eigenvalue weighted by Gasteiger charge is -2.19. The Morgan fingerprint density at radius 1 is 1.09 bits per heavy atom. The Balaban J connectivity index is 1.20. The van der Waals surface area contributed by atoms with Gasteiger partial charge in [-0.1, -0.05) is 48.5 Å². The van der Waals surface area contributed by atoms with Crippen molar-refractivity contribution in [2.75, 3.05) is 6.61 Å². The standard InChI is InChI=1S/C26H25N3O5S/c1-14-22(25(31)32)28-21(35-14)12-27-24(30)23(15-10-11-15)29-26(33)34-13-20-18-8-4-2-6-16(18)17-7-3-5-9-19(17)20/h2-9,15,20,23H,10-13H2,1H3,(H,27,30)(H,29,33)(H,31,32). The zero-order valence-corrected chi connectivity index (χ0v) is 19.9. The van der Waals surface area contributed by atoms with Crippen molar-refractivity contribution in [3.05, 3.63) is 75.2 Å². The van der Waals surface area contributed by atoms with Crippen molar-refractivity contribution in [3.8, 4) is 11.1 Å². The van der Waals surface area contributed by atoms with E-state index in [0.717, 1.165) is 35.1 Å². The number of alkyl carbamates (subject to hydrolysis) is 1. The molecule has 1 saturated carbocycles. The number of carbonyl (C=O) groups is 3. The molecule has 0 saturated heterocycles. The van der Waals surface area contributed by atoms with Gasteiger partial charge in [-0.05, 0) is 47.9 Å². The molecule has 0 bridgehead atoms. The molecule has 9 heteroatoms. The van der Waals surface area contributed by atoms with E-state index in [2.05, 4.69) is 39.9 Å². The number of ether oxygens (including phenoxy) is 1. The minimum absolute atomic E-state index is 0.00486. The molecule has 2 aliphatic carbocycles. The van der Waals surface area contributed by atoms with Crippen LogP contribution in [0.1, 0.15) is 50.3 Å². The molecule has 0 aliphatic heterocycles. The molecule has 2 amide bonds. The molecule has 5 rings (SSSR count).